The molecule has 1 aliphatic carbocycles. The molecule has 1 N–H and O–H groups in total. The van der Waals surface area contributed by atoms with Crippen LogP contribution in [-0.2, 0) is 11.2 Å². The molecule has 3 nitrogen and oxygen atoms in total. The van der Waals surface area contributed by atoms with Gasteiger partial charge >= 0.3 is 0 Å². The summed E-state index contributed by atoms with van der Waals surface area (Å²) in [7, 11) is 0. The van der Waals surface area contributed by atoms with Gasteiger partial charge in [-0.1, -0.05) is 27.7 Å². The number of H-pyrrole nitrogens is 1. The minimum absolute atomic E-state index is 0.136. The molecule has 1 aromatic rings. The molecular weight excluding hydrogens is 188 g/mol. The number of Topliss-reactive ketones (excluding diaryl/α,β-unsaturated/α-hetero) is 1. The van der Waals surface area contributed by atoms with Gasteiger partial charge < -0.3 is 4.98 Å². The van der Waals surface area contributed by atoms with Gasteiger partial charge in [-0.05, 0) is 10.8 Å². The highest BCUT2D eigenvalue weighted by Crippen LogP contribution is 2.68. The summed E-state index contributed by atoms with van der Waals surface area (Å²) in [5.41, 5.74) is 0.271. The summed E-state index contributed by atoms with van der Waals surface area (Å²) < 4.78 is 0. The van der Waals surface area contributed by atoms with Crippen molar-refractivity contribution in [1.82, 2.24) is 9.97 Å². The first-order chi connectivity index (χ1) is 6.87. The second kappa shape index (κ2) is 2.94. The van der Waals surface area contributed by atoms with Crippen LogP contribution in [0.25, 0.3) is 0 Å². The lowest BCUT2D eigenvalue weighted by molar-refractivity contribution is -0.120. The Morgan fingerprint density at radius 1 is 1.40 bits per heavy atom. The van der Waals surface area contributed by atoms with E-state index in [9.17, 15) is 4.79 Å². The summed E-state index contributed by atoms with van der Waals surface area (Å²) in [6, 6.07) is 0. The molecule has 0 amide bonds. The summed E-state index contributed by atoms with van der Waals surface area (Å²) in [6.45, 7) is 8.66. The van der Waals surface area contributed by atoms with Crippen LogP contribution in [0.2, 0.25) is 0 Å². The van der Waals surface area contributed by atoms with Gasteiger partial charge in [0.25, 0.3) is 0 Å². The van der Waals surface area contributed by atoms with Crippen LogP contribution >= 0.6 is 0 Å². The number of carbonyl (C=O) groups is 1. The van der Waals surface area contributed by atoms with E-state index in [2.05, 4.69) is 37.7 Å². The smallest absolute Gasteiger partial charge is 0.144 e. The van der Waals surface area contributed by atoms with Gasteiger partial charge in [0.1, 0.15) is 11.6 Å². The zero-order chi connectivity index (χ0) is 11.3. The van der Waals surface area contributed by atoms with E-state index in [1.807, 2.05) is 0 Å². The minimum atomic E-state index is 0.136. The molecule has 0 atom stereocenters. The molecular formula is C12H18N2O. The molecule has 1 fully saturated rings. The van der Waals surface area contributed by atoms with Gasteiger partial charge in [-0.2, -0.15) is 0 Å². The molecule has 0 aliphatic heterocycles. The van der Waals surface area contributed by atoms with Gasteiger partial charge in [-0.25, -0.2) is 4.98 Å². The summed E-state index contributed by atoms with van der Waals surface area (Å²) in [5, 5.41) is 0. The monoisotopic (exact) mass is 206 g/mol. The van der Waals surface area contributed by atoms with E-state index in [4.69, 9.17) is 0 Å². The Kier molecular flexibility index (Phi) is 2.04. The fourth-order valence-corrected chi connectivity index (χ4v) is 2.66. The maximum Gasteiger partial charge on any atom is 0.144 e. The summed E-state index contributed by atoms with van der Waals surface area (Å²) in [4.78, 5) is 19.1. The van der Waals surface area contributed by atoms with Gasteiger partial charge in [0.2, 0.25) is 0 Å². The molecule has 0 aromatic carbocycles. The highest BCUT2D eigenvalue weighted by molar-refractivity contribution is 5.87. The van der Waals surface area contributed by atoms with Crippen LogP contribution in [0.4, 0.5) is 0 Å². The first-order valence-corrected chi connectivity index (χ1v) is 5.38. The summed E-state index contributed by atoms with van der Waals surface area (Å²) in [6.07, 6.45) is 3.88. The third kappa shape index (κ3) is 1.41. The van der Waals surface area contributed by atoms with Crippen molar-refractivity contribution in [2.75, 3.05) is 0 Å². The highest BCUT2D eigenvalue weighted by Gasteiger charge is 2.67. The Morgan fingerprint density at radius 3 is 2.40 bits per heavy atom. The average Bonchev–Trinajstić information content (AvgIpc) is 2.53. The summed E-state index contributed by atoms with van der Waals surface area (Å²) >= 11 is 0. The maximum atomic E-state index is 12.0. The van der Waals surface area contributed by atoms with Crippen molar-refractivity contribution < 1.29 is 4.79 Å². The number of hydrogen-bond donors (Lipinski definition) is 1. The molecule has 0 bridgehead atoms. The van der Waals surface area contributed by atoms with Crippen molar-refractivity contribution in [2.45, 2.75) is 34.1 Å². The molecule has 82 valence electrons. The number of hydrogen-bond acceptors (Lipinski definition) is 2. The number of aromatic amines is 1. The van der Waals surface area contributed by atoms with Gasteiger partial charge in [0.05, 0.1) is 6.42 Å². The Hall–Kier alpha value is -1.12. The lowest BCUT2D eigenvalue weighted by Crippen LogP contribution is -2.11. The Bertz CT molecular complexity index is 362. The van der Waals surface area contributed by atoms with Crippen LogP contribution in [0, 0.1) is 16.7 Å². The fraction of sp³-hybridized carbons (Fsp3) is 0.667. The number of imidazole rings is 1. The highest BCUT2D eigenvalue weighted by atomic mass is 16.1. The predicted molar refractivity (Wildman–Crippen MR) is 58.4 cm³/mol. The van der Waals surface area contributed by atoms with E-state index in [-0.39, 0.29) is 16.7 Å². The Labute approximate surface area is 90.3 Å². The first kappa shape index (κ1) is 10.4. The van der Waals surface area contributed by atoms with Crippen LogP contribution in [0.3, 0.4) is 0 Å². The molecule has 1 heterocycles. The van der Waals surface area contributed by atoms with Crippen molar-refractivity contribution in [3.63, 3.8) is 0 Å². The van der Waals surface area contributed by atoms with Crippen molar-refractivity contribution in [3.8, 4) is 0 Å². The third-order valence-corrected chi connectivity index (χ3v) is 4.24. The zero-order valence-electron chi connectivity index (χ0n) is 9.79. The Morgan fingerprint density at radius 2 is 2.00 bits per heavy atom. The molecule has 1 saturated carbocycles. The number of nitrogens with zero attached hydrogens (tertiary/aromatic N) is 1. The molecule has 2 rings (SSSR count). The normalized spacial score (nSPS) is 22.7. The van der Waals surface area contributed by atoms with Gasteiger partial charge in [0, 0.05) is 18.3 Å². The lowest BCUT2D eigenvalue weighted by atomic mass is 10.0. The van der Waals surface area contributed by atoms with Gasteiger partial charge in [-0.15, -0.1) is 0 Å². The number of nitrogens with one attached hydrogen (secondary N) is 1. The molecule has 0 unspecified atom stereocenters. The molecule has 1 aromatic heterocycles. The quantitative estimate of drug-likeness (QED) is 0.824. The van der Waals surface area contributed by atoms with Crippen LogP contribution in [0.1, 0.15) is 33.5 Å². The molecule has 0 spiro atoms. The predicted octanol–water partition coefficient (Wildman–Crippen LogP) is 2.20. The van der Waals surface area contributed by atoms with Crippen LogP contribution in [0.5, 0.6) is 0 Å². The zero-order valence-corrected chi connectivity index (χ0v) is 9.79. The number of carbonyl (C=O) groups excluding carboxylic acids is 1. The first-order valence-electron chi connectivity index (χ1n) is 5.38. The van der Waals surface area contributed by atoms with E-state index in [0.29, 0.717) is 12.2 Å². The second-order valence-electron chi connectivity index (χ2n) is 5.56. The Balaban J connectivity index is 2.06. The average molecular weight is 206 g/mol. The largest absolute Gasteiger partial charge is 0.348 e. The van der Waals surface area contributed by atoms with Gasteiger partial charge in [-0.3, -0.25) is 4.79 Å². The molecule has 0 saturated heterocycles. The van der Waals surface area contributed by atoms with Crippen molar-refractivity contribution in [1.29, 1.82) is 0 Å². The van der Waals surface area contributed by atoms with E-state index in [1.165, 1.54) is 0 Å². The van der Waals surface area contributed by atoms with E-state index >= 15 is 0 Å². The van der Waals surface area contributed by atoms with Crippen molar-refractivity contribution in [2.24, 2.45) is 16.7 Å². The van der Waals surface area contributed by atoms with E-state index < -0.39 is 0 Å². The molecule has 15 heavy (non-hydrogen) atoms. The SMILES string of the molecule is CC1(C)C(C(=O)Cc2ncc[nH]2)C1(C)C. The lowest BCUT2D eigenvalue weighted by Gasteiger charge is -2.03. The maximum absolute atomic E-state index is 12.0. The van der Waals surface area contributed by atoms with E-state index in [1.54, 1.807) is 12.4 Å². The molecule has 3 heteroatoms. The molecule has 1 aliphatic rings. The van der Waals surface area contributed by atoms with Crippen LogP contribution in [-0.4, -0.2) is 15.8 Å². The second-order valence-corrected chi connectivity index (χ2v) is 5.56. The van der Waals surface area contributed by atoms with Crippen molar-refractivity contribution in [3.05, 3.63) is 18.2 Å². The number of aromatic nitrogens is 2. The van der Waals surface area contributed by atoms with Crippen LogP contribution in [0.15, 0.2) is 12.4 Å². The number of ketones is 1. The topological polar surface area (TPSA) is 45.8 Å². The number of rotatable bonds is 3. The summed E-state index contributed by atoms with van der Waals surface area (Å²) in [5.74, 6) is 1.26. The minimum Gasteiger partial charge on any atom is -0.348 e. The molecule has 0 radical (unpaired) electrons. The van der Waals surface area contributed by atoms with E-state index in [0.717, 1.165) is 5.82 Å². The van der Waals surface area contributed by atoms with Crippen molar-refractivity contribution >= 4 is 5.78 Å². The standard InChI is InChI=1S/C12H18N2O/c1-11(2)10(12(11,3)4)8(15)7-9-13-5-6-14-9/h5-6,10H,7H2,1-4H3,(H,13,14). The van der Waals surface area contributed by atoms with Crippen LogP contribution < -0.4 is 0 Å². The fourth-order valence-electron chi connectivity index (χ4n) is 2.66. The third-order valence-electron chi connectivity index (χ3n) is 4.24. The van der Waals surface area contributed by atoms with Gasteiger partial charge in [0.15, 0.2) is 0 Å².